The monoisotopic (exact) mass is 369 g/mol. The number of anilines is 2. The van der Waals surface area contributed by atoms with Crippen LogP contribution in [-0.2, 0) is 4.79 Å². The van der Waals surface area contributed by atoms with Crippen molar-refractivity contribution in [2.75, 3.05) is 44.1 Å². The Balaban J connectivity index is 1.61. The van der Waals surface area contributed by atoms with Crippen LogP contribution in [0.1, 0.15) is 5.56 Å². The van der Waals surface area contributed by atoms with E-state index in [2.05, 4.69) is 5.32 Å². The van der Waals surface area contributed by atoms with Gasteiger partial charge in [0.25, 0.3) is 0 Å². The van der Waals surface area contributed by atoms with Gasteiger partial charge in [0.15, 0.2) is 11.5 Å². The summed E-state index contributed by atoms with van der Waals surface area (Å²) >= 11 is 0. The zero-order chi connectivity index (χ0) is 19.4. The fourth-order valence-corrected chi connectivity index (χ4v) is 2.98. The first-order chi connectivity index (χ1) is 13.0. The summed E-state index contributed by atoms with van der Waals surface area (Å²) in [4.78, 5) is 28.2. The van der Waals surface area contributed by atoms with Gasteiger partial charge in [-0.1, -0.05) is 17.7 Å². The van der Waals surface area contributed by atoms with Crippen molar-refractivity contribution in [3.63, 3.8) is 0 Å². The van der Waals surface area contributed by atoms with E-state index >= 15 is 0 Å². The number of aryl methyl sites for hydroxylation is 1. The van der Waals surface area contributed by atoms with Gasteiger partial charge < -0.3 is 19.7 Å². The third-order valence-corrected chi connectivity index (χ3v) is 4.44. The number of nitrogens with zero attached hydrogens (tertiary/aromatic N) is 2. The Hall–Kier alpha value is -3.22. The summed E-state index contributed by atoms with van der Waals surface area (Å²) in [7, 11) is 3.08. The highest BCUT2D eigenvalue weighted by Gasteiger charge is 2.30. The van der Waals surface area contributed by atoms with Crippen LogP contribution in [-0.4, -0.2) is 50.7 Å². The molecule has 0 saturated carbocycles. The topological polar surface area (TPSA) is 71.1 Å². The molecule has 0 atom stereocenters. The van der Waals surface area contributed by atoms with Crippen molar-refractivity contribution in [2.24, 2.45) is 0 Å². The first-order valence-electron chi connectivity index (χ1n) is 8.67. The van der Waals surface area contributed by atoms with Gasteiger partial charge in [0.1, 0.15) is 6.54 Å². The summed E-state index contributed by atoms with van der Waals surface area (Å²) in [6.45, 7) is 3.06. The van der Waals surface area contributed by atoms with Crippen LogP contribution < -0.4 is 19.7 Å². The summed E-state index contributed by atoms with van der Waals surface area (Å²) in [5.74, 6) is 0.846. The molecule has 1 heterocycles. The summed E-state index contributed by atoms with van der Waals surface area (Å²) in [6.07, 6.45) is 0. The minimum absolute atomic E-state index is 0.00443. The molecule has 0 spiro atoms. The molecule has 0 aromatic heterocycles. The summed E-state index contributed by atoms with van der Waals surface area (Å²) in [5.41, 5.74) is 2.56. The number of carbonyl (C=O) groups is 2. The molecule has 1 fully saturated rings. The lowest BCUT2D eigenvalue weighted by atomic mass is 10.2. The van der Waals surface area contributed by atoms with Crippen molar-refractivity contribution in [3.8, 4) is 11.5 Å². The van der Waals surface area contributed by atoms with E-state index < -0.39 is 0 Å². The molecule has 0 aliphatic carbocycles. The number of nitrogens with one attached hydrogen (secondary N) is 1. The third kappa shape index (κ3) is 4.13. The Labute approximate surface area is 158 Å². The van der Waals surface area contributed by atoms with Gasteiger partial charge in [-0.2, -0.15) is 0 Å². The summed E-state index contributed by atoms with van der Waals surface area (Å²) in [5, 5.41) is 2.79. The van der Waals surface area contributed by atoms with Gasteiger partial charge in [0.05, 0.1) is 14.2 Å². The lowest BCUT2D eigenvalue weighted by molar-refractivity contribution is -0.116. The number of hydrogen-bond donors (Lipinski definition) is 1. The highest BCUT2D eigenvalue weighted by molar-refractivity contribution is 5.99. The number of carbonyl (C=O) groups excluding carboxylic acids is 2. The lowest BCUT2D eigenvalue weighted by Gasteiger charge is -2.18. The number of urea groups is 1. The van der Waals surface area contributed by atoms with Crippen LogP contribution in [0.5, 0.6) is 11.5 Å². The molecule has 1 N–H and O–H groups in total. The average molecular weight is 369 g/mol. The van der Waals surface area contributed by atoms with E-state index in [4.69, 9.17) is 9.47 Å². The van der Waals surface area contributed by atoms with Crippen LogP contribution in [0.3, 0.4) is 0 Å². The van der Waals surface area contributed by atoms with Crippen molar-refractivity contribution >= 4 is 23.3 Å². The molecular formula is C20H23N3O4. The first kappa shape index (κ1) is 18.6. The standard InChI is InChI=1S/C20H23N3O4/c1-14-4-7-16(8-5-14)23-11-10-22(20(23)25)13-19(24)21-15-6-9-17(26-2)18(12-15)27-3/h4-9,12H,10-11,13H2,1-3H3,(H,21,24). The number of benzene rings is 2. The van der Waals surface area contributed by atoms with Gasteiger partial charge in [0.2, 0.25) is 5.91 Å². The molecule has 142 valence electrons. The molecule has 2 aromatic rings. The predicted octanol–water partition coefficient (Wildman–Crippen LogP) is 2.89. The second-order valence-electron chi connectivity index (χ2n) is 6.31. The molecule has 1 aliphatic heterocycles. The van der Waals surface area contributed by atoms with Gasteiger partial charge >= 0.3 is 6.03 Å². The van der Waals surface area contributed by atoms with E-state index in [1.165, 1.54) is 12.0 Å². The molecule has 2 aromatic carbocycles. The Kier molecular flexibility index (Phi) is 5.49. The molecule has 27 heavy (non-hydrogen) atoms. The fourth-order valence-electron chi connectivity index (χ4n) is 2.98. The zero-order valence-corrected chi connectivity index (χ0v) is 15.7. The maximum atomic E-state index is 12.6. The molecule has 3 rings (SSSR count). The van der Waals surface area contributed by atoms with E-state index in [-0.39, 0.29) is 18.5 Å². The maximum absolute atomic E-state index is 12.6. The van der Waals surface area contributed by atoms with E-state index in [1.54, 1.807) is 30.2 Å². The first-order valence-corrected chi connectivity index (χ1v) is 8.67. The highest BCUT2D eigenvalue weighted by atomic mass is 16.5. The van der Waals surface area contributed by atoms with Crippen molar-refractivity contribution in [3.05, 3.63) is 48.0 Å². The molecule has 0 unspecified atom stereocenters. The predicted molar refractivity (Wildman–Crippen MR) is 104 cm³/mol. The van der Waals surface area contributed by atoms with Crippen LogP contribution >= 0.6 is 0 Å². The second kappa shape index (κ2) is 7.99. The largest absolute Gasteiger partial charge is 0.493 e. The van der Waals surface area contributed by atoms with Crippen LogP contribution in [0.2, 0.25) is 0 Å². The van der Waals surface area contributed by atoms with Gasteiger partial charge in [-0.25, -0.2) is 4.79 Å². The fraction of sp³-hybridized carbons (Fsp3) is 0.300. The maximum Gasteiger partial charge on any atom is 0.325 e. The van der Waals surface area contributed by atoms with Crippen LogP contribution in [0.15, 0.2) is 42.5 Å². The minimum Gasteiger partial charge on any atom is -0.493 e. The number of ether oxygens (including phenoxy) is 2. The van der Waals surface area contributed by atoms with Gasteiger partial charge in [-0.3, -0.25) is 9.69 Å². The smallest absolute Gasteiger partial charge is 0.325 e. The second-order valence-corrected chi connectivity index (χ2v) is 6.31. The van der Waals surface area contributed by atoms with E-state index in [9.17, 15) is 9.59 Å². The van der Waals surface area contributed by atoms with E-state index in [1.807, 2.05) is 31.2 Å². The average Bonchev–Trinajstić information content (AvgIpc) is 3.02. The highest BCUT2D eigenvalue weighted by Crippen LogP contribution is 2.29. The van der Waals surface area contributed by atoms with Crippen LogP contribution in [0, 0.1) is 6.92 Å². The van der Waals surface area contributed by atoms with Crippen LogP contribution in [0.25, 0.3) is 0 Å². The number of hydrogen-bond acceptors (Lipinski definition) is 4. The Morgan fingerprint density at radius 2 is 1.74 bits per heavy atom. The third-order valence-electron chi connectivity index (χ3n) is 4.44. The Bertz CT molecular complexity index is 836. The zero-order valence-electron chi connectivity index (χ0n) is 15.7. The quantitative estimate of drug-likeness (QED) is 0.850. The Morgan fingerprint density at radius 1 is 1.04 bits per heavy atom. The number of amides is 3. The summed E-state index contributed by atoms with van der Waals surface area (Å²) in [6, 6.07) is 12.7. The summed E-state index contributed by atoms with van der Waals surface area (Å²) < 4.78 is 10.4. The minimum atomic E-state index is -0.263. The van der Waals surface area contributed by atoms with Crippen molar-refractivity contribution < 1.29 is 19.1 Å². The molecule has 7 heteroatoms. The van der Waals surface area contributed by atoms with E-state index in [0.29, 0.717) is 30.3 Å². The van der Waals surface area contributed by atoms with Crippen molar-refractivity contribution in [2.45, 2.75) is 6.92 Å². The van der Waals surface area contributed by atoms with Gasteiger partial charge in [0, 0.05) is 30.5 Å². The molecule has 1 saturated heterocycles. The molecule has 0 radical (unpaired) electrons. The molecular weight excluding hydrogens is 346 g/mol. The molecule has 0 bridgehead atoms. The lowest BCUT2D eigenvalue weighted by Crippen LogP contribution is -2.37. The Morgan fingerprint density at radius 3 is 2.41 bits per heavy atom. The SMILES string of the molecule is COc1ccc(NC(=O)CN2CCN(c3ccc(C)cc3)C2=O)cc1OC. The molecule has 3 amide bonds. The number of methoxy groups -OCH3 is 2. The normalized spacial score (nSPS) is 13.7. The molecule has 7 nitrogen and oxygen atoms in total. The number of rotatable bonds is 6. The van der Waals surface area contributed by atoms with Crippen LogP contribution in [0.4, 0.5) is 16.2 Å². The van der Waals surface area contributed by atoms with E-state index in [0.717, 1.165) is 11.3 Å². The van der Waals surface area contributed by atoms with Gasteiger partial charge in [-0.15, -0.1) is 0 Å². The van der Waals surface area contributed by atoms with Crippen molar-refractivity contribution in [1.29, 1.82) is 0 Å². The van der Waals surface area contributed by atoms with Gasteiger partial charge in [-0.05, 0) is 31.2 Å². The van der Waals surface area contributed by atoms with Crippen molar-refractivity contribution in [1.82, 2.24) is 4.90 Å². The molecule has 1 aliphatic rings.